The fraction of sp³-hybridized carbons (Fsp3) is 0.538. The SMILES string of the molecule is NNC(c1cc(F)ccc1C(F)(F)F)C1CCCC1. The van der Waals surface area contributed by atoms with Crippen molar-refractivity contribution in [3.8, 4) is 0 Å². The first-order valence-corrected chi connectivity index (χ1v) is 6.26. The number of rotatable bonds is 3. The third-order valence-electron chi connectivity index (χ3n) is 3.70. The zero-order valence-electron chi connectivity index (χ0n) is 10.3. The lowest BCUT2D eigenvalue weighted by atomic mass is 9.89. The van der Waals surface area contributed by atoms with E-state index in [1.165, 1.54) is 0 Å². The van der Waals surface area contributed by atoms with Gasteiger partial charge in [0.15, 0.2) is 0 Å². The molecule has 0 heterocycles. The summed E-state index contributed by atoms with van der Waals surface area (Å²) in [5, 5.41) is 0. The second-order valence-electron chi connectivity index (χ2n) is 4.92. The molecular weight excluding hydrogens is 260 g/mol. The summed E-state index contributed by atoms with van der Waals surface area (Å²) in [5.41, 5.74) is 1.52. The highest BCUT2D eigenvalue weighted by molar-refractivity contribution is 5.33. The lowest BCUT2D eigenvalue weighted by molar-refractivity contribution is -0.138. The van der Waals surface area contributed by atoms with Crippen LogP contribution in [0.4, 0.5) is 17.6 Å². The number of alkyl halides is 3. The Labute approximate surface area is 109 Å². The number of hydrogen-bond acceptors (Lipinski definition) is 2. The fourth-order valence-corrected chi connectivity index (χ4v) is 2.82. The molecule has 0 saturated heterocycles. The predicted octanol–water partition coefficient (Wildman–Crippen LogP) is 3.54. The maximum absolute atomic E-state index is 13.3. The normalized spacial score (nSPS) is 18.8. The highest BCUT2D eigenvalue weighted by atomic mass is 19.4. The molecule has 0 bridgehead atoms. The summed E-state index contributed by atoms with van der Waals surface area (Å²) >= 11 is 0. The molecule has 1 aromatic carbocycles. The van der Waals surface area contributed by atoms with E-state index in [9.17, 15) is 17.6 Å². The first-order valence-electron chi connectivity index (χ1n) is 6.26. The molecule has 1 fully saturated rings. The van der Waals surface area contributed by atoms with Gasteiger partial charge < -0.3 is 0 Å². The van der Waals surface area contributed by atoms with Crippen LogP contribution in [0.3, 0.4) is 0 Å². The van der Waals surface area contributed by atoms with Crippen LogP contribution in [0.1, 0.15) is 42.9 Å². The van der Waals surface area contributed by atoms with Gasteiger partial charge in [-0.15, -0.1) is 0 Å². The van der Waals surface area contributed by atoms with Crippen LogP contribution in [0.25, 0.3) is 0 Å². The van der Waals surface area contributed by atoms with Crippen molar-refractivity contribution >= 4 is 0 Å². The summed E-state index contributed by atoms with van der Waals surface area (Å²) in [6, 6.07) is 1.89. The van der Waals surface area contributed by atoms with E-state index in [1.807, 2.05) is 0 Å². The summed E-state index contributed by atoms with van der Waals surface area (Å²) in [6.45, 7) is 0. The Kier molecular flexibility index (Phi) is 4.10. The minimum Gasteiger partial charge on any atom is -0.271 e. The minimum atomic E-state index is -4.50. The number of hydrazine groups is 1. The van der Waals surface area contributed by atoms with E-state index in [-0.39, 0.29) is 11.5 Å². The van der Waals surface area contributed by atoms with Gasteiger partial charge in [0, 0.05) is 6.04 Å². The van der Waals surface area contributed by atoms with Gasteiger partial charge in [0.1, 0.15) is 5.82 Å². The van der Waals surface area contributed by atoms with Crippen molar-refractivity contribution in [2.45, 2.75) is 37.9 Å². The fourth-order valence-electron chi connectivity index (χ4n) is 2.82. The molecular formula is C13H16F4N2. The maximum Gasteiger partial charge on any atom is 0.416 e. The quantitative estimate of drug-likeness (QED) is 0.503. The number of halogens is 4. The second-order valence-corrected chi connectivity index (χ2v) is 4.92. The van der Waals surface area contributed by atoms with E-state index in [2.05, 4.69) is 5.43 Å². The lowest BCUT2D eigenvalue weighted by Crippen LogP contribution is -2.34. The third-order valence-corrected chi connectivity index (χ3v) is 3.70. The maximum atomic E-state index is 13.3. The van der Waals surface area contributed by atoms with Crippen molar-refractivity contribution in [2.24, 2.45) is 11.8 Å². The van der Waals surface area contributed by atoms with Gasteiger partial charge in [-0.2, -0.15) is 13.2 Å². The number of nitrogens with one attached hydrogen (secondary N) is 1. The van der Waals surface area contributed by atoms with Crippen molar-refractivity contribution < 1.29 is 17.6 Å². The molecule has 3 N–H and O–H groups in total. The van der Waals surface area contributed by atoms with E-state index >= 15 is 0 Å². The Morgan fingerprint density at radius 3 is 2.37 bits per heavy atom. The van der Waals surface area contributed by atoms with Gasteiger partial charge in [0.05, 0.1) is 5.56 Å². The molecule has 1 saturated carbocycles. The van der Waals surface area contributed by atoms with E-state index in [4.69, 9.17) is 5.84 Å². The van der Waals surface area contributed by atoms with Gasteiger partial charge in [-0.3, -0.25) is 11.3 Å². The van der Waals surface area contributed by atoms with E-state index in [1.54, 1.807) is 0 Å². The smallest absolute Gasteiger partial charge is 0.271 e. The van der Waals surface area contributed by atoms with Gasteiger partial charge in [0.25, 0.3) is 0 Å². The van der Waals surface area contributed by atoms with Crippen LogP contribution in [0.15, 0.2) is 18.2 Å². The molecule has 0 aromatic heterocycles. The largest absolute Gasteiger partial charge is 0.416 e. The number of hydrogen-bond donors (Lipinski definition) is 2. The molecule has 1 aromatic rings. The van der Waals surface area contributed by atoms with E-state index in [0.29, 0.717) is 0 Å². The third kappa shape index (κ3) is 3.06. The van der Waals surface area contributed by atoms with Crippen molar-refractivity contribution in [3.05, 3.63) is 35.1 Å². The average molecular weight is 276 g/mol. The minimum absolute atomic E-state index is 0.0212. The Morgan fingerprint density at radius 1 is 1.21 bits per heavy atom. The summed E-state index contributed by atoms with van der Waals surface area (Å²) in [7, 11) is 0. The first-order chi connectivity index (χ1) is 8.93. The van der Waals surface area contributed by atoms with Crippen LogP contribution in [0.5, 0.6) is 0 Å². The molecule has 1 unspecified atom stereocenters. The topological polar surface area (TPSA) is 38.0 Å². The van der Waals surface area contributed by atoms with Crippen LogP contribution >= 0.6 is 0 Å². The average Bonchev–Trinajstić information content (AvgIpc) is 2.82. The molecule has 0 aliphatic heterocycles. The summed E-state index contributed by atoms with van der Waals surface area (Å²) in [4.78, 5) is 0. The van der Waals surface area contributed by atoms with Crippen molar-refractivity contribution in [2.75, 3.05) is 0 Å². The van der Waals surface area contributed by atoms with Crippen LogP contribution in [0, 0.1) is 11.7 Å². The molecule has 19 heavy (non-hydrogen) atoms. The predicted molar refractivity (Wildman–Crippen MR) is 63.4 cm³/mol. The zero-order chi connectivity index (χ0) is 14.0. The van der Waals surface area contributed by atoms with Gasteiger partial charge >= 0.3 is 6.18 Å². The highest BCUT2D eigenvalue weighted by Gasteiger charge is 2.37. The lowest BCUT2D eigenvalue weighted by Gasteiger charge is -2.26. The highest BCUT2D eigenvalue weighted by Crippen LogP contribution is 2.41. The summed E-state index contributed by atoms with van der Waals surface area (Å²) in [6.07, 6.45) is -0.943. The Balaban J connectivity index is 2.42. The molecule has 2 rings (SSSR count). The molecule has 2 nitrogen and oxygen atoms in total. The first kappa shape index (κ1) is 14.3. The van der Waals surface area contributed by atoms with Crippen LogP contribution in [0.2, 0.25) is 0 Å². The standard InChI is InChI=1S/C13H16F4N2/c14-9-5-6-11(13(15,16)17)10(7-9)12(19-18)8-3-1-2-4-8/h5-8,12,19H,1-4,18H2. The Hall–Kier alpha value is -1.14. The van der Waals surface area contributed by atoms with Crippen LogP contribution < -0.4 is 11.3 Å². The van der Waals surface area contributed by atoms with Crippen molar-refractivity contribution in [1.29, 1.82) is 0 Å². The zero-order valence-corrected chi connectivity index (χ0v) is 10.3. The van der Waals surface area contributed by atoms with Gasteiger partial charge in [-0.05, 0) is 42.5 Å². The Morgan fingerprint density at radius 2 is 1.84 bits per heavy atom. The number of nitrogens with two attached hydrogens (primary N) is 1. The summed E-state index contributed by atoms with van der Waals surface area (Å²) < 4.78 is 52.2. The van der Waals surface area contributed by atoms with Crippen molar-refractivity contribution in [1.82, 2.24) is 5.43 Å². The van der Waals surface area contributed by atoms with E-state index < -0.39 is 23.6 Å². The van der Waals surface area contributed by atoms with Gasteiger partial charge in [0.2, 0.25) is 0 Å². The molecule has 0 amide bonds. The van der Waals surface area contributed by atoms with Gasteiger partial charge in [-0.25, -0.2) is 4.39 Å². The number of benzene rings is 1. The molecule has 1 aliphatic rings. The van der Waals surface area contributed by atoms with Crippen LogP contribution in [-0.4, -0.2) is 0 Å². The Bertz CT molecular complexity index is 439. The van der Waals surface area contributed by atoms with Gasteiger partial charge in [-0.1, -0.05) is 12.8 Å². The monoisotopic (exact) mass is 276 g/mol. The molecule has 6 heteroatoms. The second kappa shape index (κ2) is 5.46. The molecule has 1 aliphatic carbocycles. The van der Waals surface area contributed by atoms with Crippen molar-refractivity contribution in [3.63, 3.8) is 0 Å². The van der Waals surface area contributed by atoms with E-state index in [0.717, 1.165) is 43.9 Å². The van der Waals surface area contributed by atoms with Crippen LogP contribution in [-0.2, 0) is 6.18 Å². The molecule has 0 radical (unpaired) electrons. The molecule has 1 atom stereocenters. The molecule has 0 spiro atoms. The summed E-state index contributed by atoms with van der Waals surface area (Å²) in [5.74, 6) is 4.75. The molecule has 106 valence electrons.